The molecule has 1 fully saturated rings. The fourth-order valence-corrected chi connectivity index (χ4v) is 6.25. The molecular formula is C29H33N3O4. The largest absolute Gasteiger partial charge is 0.508 e. The molecule has 3 aromatic rings. The maximum atomic E-state index is 13.0. The maximum Gasteiger partial charge on any atom is 0.261 e. The number of H-pyrrole nitrogens is 1. The van der Waals surface area contributed by atoms with Crippen LogP contribution < -0.4 is 10.9 Å². The standard InChI is InChI=1S/C29H33N3O4/c1-18-9-10-22(33)14-24(18)28-11-12-32(3)19(2)29(28,36)15-21-13-23(27(35)31-25(21)16-28)26(34)30-17-20-7-5-4-6-8-20/h4-10,13-14,19,33,36H,11-12,15-17H2,1-3H3,(H,30,34)(H,31,35). The molecule has 1 aliphatic heterocycles. The van der Waals surface area contributed by atoms with Gasteiger partial charge in [0.2, 0.25) is 0 Å². The molecule has 188 valence electrons. The number of pyridine rings is 1. The van der Waals surface area contributed by atoms with Crippen LogP contribution in [-0.2, 0) is 24.8 Å². The number of nitrogens with one attached hydrogen (secondary N) is 2. The molecule has 1 saturated heterocycles. The molecule has 0 bridgehead atoms. The van der Waals surface area contributed by atoms with Crippen molar-refractivity contribution in [2.45, 2.75) is 56.7 Å². The Hall–Kier alpha value is -3.42. The summed E-state index contributed by atoms with van der Waals surface area (Å²) in [7, 11) is 2.01. The number of aromatic hydroxyl groups is 1. The molecule has 7 nitrogen and oxygen atoms in total. The van der Waals surface area contributed by atoms with Crippen LogP contribution in [0.15, 0.2) is 59.4 Å². The molecular weight excluding hydrogens is 454 g/mol. The van der Waals surface area contributed by atoms with Crippen LogP contribution in [0.1, 0.15) is 51.7 Å². The van der Waals surface area contributed by atoms with Crippen LogP contribution in [0, 0.1) is 6.92 Å². The molecule has 3 unspecified atom stereocenters. The number of likely N-dealkylation sites (N-methyl/N-ethyl adjacent to an activating group) is 1. The number of nitrogens with zero attached hydrogens (tertiary/aromatic N) is 1. The minimum Gasteiger partial charge on any atom is -0.508 e. The van der Waals surface area contributed by atoms with E-state index in [2.05, 4.69) is 15.2 Å². The third-order valence-electron chi connectivity index (χ3n) is 8.50. The number of phenolic OH excluding ortho intramolecular Hbond substituents is 1. The van der Waals surface area contributed by atoms with E-state index in [-0.39, 0.29) is 17.4 Å². The van der Waals surface area contributed by atoms with Gasteiger partial charge in [0.25, 0.3) is 11.5 Å². The van der Waals surface area contributed by atoms with Gasteiger partial charge in [-0.1, -0.05) is 36.4 Å². The summed E-state index contributed by atoms with van der Waals surface area (Å²) in [5, 5.41) is 25.6. The normalized spacial score (nSPS) is 25.6. The minimum absolute atomic E-state index is 0.0473. The molecule has 0 spiro atoms. The maximum absolute atomic E-state index is 13.0. The smallest absolute Gasteiger partial charge is 0.261 e. The van der Waals surface area contributed by atoms with E-state index in [1.165, 1.54) is 0 Å². The first-order chi connectivity index (χ1) is 17.1. The van der Waals surface area contributed by atoms with E-state index in [1.807, 2.05) is 57.3 Å². The molecule has 1 aliphatic carbocycles. The van der Waals surface area contributed by atoms with Gasteiger partial charge in [-0.05, 0) is 74.3 Å². The number of hydrogen-bond acceptors (Lipinski definition) is 5. The first kappa shape index (κ1) is 24.3. The number of aromatic amines is 1. The summed E-state index contributed by atoms with van der Waals surface area (Å²) < 4.78 is 0. The van der Waals surface area contributed by atoms with Crippen molar-refractivity contribution in [1.82, 2.24) is 15.2 Å². The number of aromatic nitrogens is 1. The number of aryl methyl sites for hydroxylation is 1. The summed E-state index contributed by atoms with van der Waals surface area (Å²) in [6, 6.07) is 16.3. The van der Waals surface area contributed by atoms with Gasteiger partial charge < -0.3 is 25.4 Å². The number of amides is 1. The highest BCUT2D eigenvalue weighted by atomic mass is 16.3. The number of rotatable bonds is 4. The highest BCUT2D eigenvalue weighted by Crippen LogP contribution is 2.53. The van der Waals surface area contributed by atoms with Crippen molar-refractivity contribution in [1.29, 1.82) is 0 Å². The second kappa shape index (κ2) is 8.91. The van der Waals surface area contributed by atoms with Gasteiger partial charge in [-0.3, -0.25) is 9.59 Å². The molecule has 0 radical (unpaired) electrons. The van der Waals surface area contributed by atoms with Crippen LogP contribution >= 0.6 is 0 Å². The van der Waals surface area contributed by atoms with Crippen LogP contribution in [0.4, 0.5) is 0 Å². The molecule has 5 rings (SSSR count). The number of phenols is 1. The van der Waals surface area contributed by atoms with Gasteiger partial charge in [-0.2, -0.15) is 0 Å². The fraction of sp³-hybridized carbons (Fsp3) is 0.379. The van der Waals surface area contributed by atoms with Crippen molar-refractivity contribution < 1.29 is 15.0 Å². The predicted molar refractivity (Wildman–Crippen MR) is 138 cm³/mol. The lowest BCUT2D eigenvalue weighted by molar-refractivity contribution is -0.132. The van der Waals surface area contributed by atoms with Crippen molar-refractivity contribution in [3.63, 3.8) is 0 Å². The molecule has 7 heteroatoms. The Morgan fingerprint density at radius 1 is 1.17 bits per heavy atom. The molecule has 4 N–H and O–H groups in total. The number of carbonyl (C=O) groups excluding carboxylic acids is 1. The number of likely N-dealkylation sites (tertiary alicyclic amines) is 1. The third-order valence-corrected chi connectivity index (χ3v) is 8.50. The number of aliphatic hydroxyl groups is 1. The first-order valence-corrected chi connectivity index (χ1v) is 12.4. The Morgan fingerprint density at radius 3 is 2.67 bits per heavy atom. The van der Waals surface area contributed by atoms with Crippen LogP contribution in [-0.4, -0.2) is 51.2 Å². The molecule has 2 aliphatic rings. The monoisotopic (exact) mass is 487 g/mol. The van der Waals surface area contributed by atoms with Crippen molar-refractivity contribution >= 4 is 5.91 Å². The Balaban J connectivity index is 1.56. The zero-order chi connectivity index (χ0) is 25.7. The molecule has 1 aromatic heterocycles. The van der Waals surface area contributed by atoms with E-state index < -0.39 is 22.5 Å². The van der Waals surface area contributed by atoms with Crippen molar-refractivity contribution in [2.75, 3.05) is 13.6 Å². The number of hydrogen-bond donors (Lipinski definition) is 4. The second-order valence-corrected chi connectivity index (χ2v) is 10.4. The molecule has 2 heterocycles. The number of carbonyl (C=O) groups is 1. The van der Waals surface area contributed by atoms with Gasteiger partial charge in [0.05, 0.1) is 5.60 Å². The van der Waals surface area contributed by atoms with Crippen LogP contribution in [0.25, 0.3) is 0 Å². The second-order valence-electron chi connectivity index (χ2n) is 10.4. The van der Waals surface area contributed by atoms with E-state index in [1.54, 1.807) is 18.2 Å². The highest BCUT2D eigenvalue weighted by Gasteiger charge is 2.60. The third kappa shape index (κ3) is 3.83. The highest BCUT2D eigenvalue weighted by molar-refractivity contribution is 5.94. The Labute approximate surface area is 210 Å². The van der Waals surface area contributed by atoms with Crippen LogP contribution in [0.3, 0.4) is 0 Å². The zero-order valence-electron chi connectivity index (χ0n) is 21.0. The Bertz CT molecular complexity index is 1370. The van der Waals surface area contributed by atoms with E-state index in [0.717, 1.165) is 34.5 Å². The summed E-state index contributed by atoms with van der Waals surface area (Å²) in [5.41, 5.74) is 2.11. The zero-order valence-corrected chi connectivity index (χ0v) is 21.0. The average molecular weight is 488 g/mol. The van der Waals surface area contributed by atoms with E-state index in [4.69, 9.17) is 0 Å². The quantitative estimate of drug-likeness (QED) is 0.453. The van der Waals surface area contributed by atoms with Gasteiger partial charge in [-0.25, -0.2) is 0 Å². The van der Waals surface area contributed by atoms with Gasteiger partial charge in [0.1, 0.15) is 11.3 Å². The summed E-state index contributed by atoms with van der Waals surface area (Å²) in [4.78, 5) is 31.1. The lowest BCUT2D eigenvalue weighted by atomic mass is 9.53. The summed E-state index contributed by atoms with van der Waals surface area (Å²) in [6.45, 7) is 5.11. The fourth-order valence-electron chi connectivity index (χ4n) is 6.25. The Morgan fingerprint density at radius 2 is 1.92 bits per heavy atom. The van der Waals surface area contributed by atoms with Crippen molar-refractivity contribution in [2.24, 2.45) is 0 Å². The SMILES string of the molecule is Cc1ccc(O)cc1C12CCN(C)C(C)C1(O)Cc1cc(C(=O)NCc3ccccc3)c(=O)[nH]c1C2. The van der Waals surface area contributed by atoms with Gasteiger partial charge in [0.15, 0.2) is 0 Å². The summed E-state index contributed by atoms with van der Waals surface area (Å²) in [5.74, 6) is -0.284. The van der Waals surface area contributed by atoms with E-state index >= 15 is 0 Å². The van der Waals surface area contributed by atoms with E-state index in [0.29, 0.717) is 25.8 Å². The molecule has 36 heavy (non-hydrogen) atoms. The minimum atomic E-state index is -1.17. The number of piperidine rings is 1. The molecule has 2 aromatic carbocycles. The Kier molecular flexibility index (Phi) is 6.01. The first-order valence-electron chi connectivity index (χ1n) is 12.4. The summed E-state index contributed by atoms with van der Waals surface area (Å²) >= 11 is 0. The lowest BCUT2D eigenvalue weighted by Crippen LogP contribution is -2.70. The average Bonchev–Trinajstić information content (AvgIpc) is 2.86. The topological polar surface area (TPSA) is 106 Å². The van der Waals surface area contributed by atoms with Gasteiger partial charge >= 0.3 is 0 Å². The lowest BCUT2D eigenvalue weighted by Gasteiger charge is -2.59. The summed E-state index contributed by atoms with van der Waals surface area (Å²) in [6.07, 6.45) is 1.39. The van der Waals surface area contributed by atoms with Gasteiger partial charge in [-0.15, -0.1) is 0 Å². The van der Waals surface area contributed by atoms with Gasteiger partial charge in [0, 0.05) is 36.5 Å². The van der Waals surface area contributed by atoms with Crippen LogP contribution in [0.5, 0.6) is 5.75 Å². The molecule has 1 amide bonds. The van der Waals surface area contributed by atoms with Crippen molar-refractivity contribution in [3.05, 3.63) is 98.5 Å². The number of benzene rings is 2. The number of fused-ring (bicyclic) bond motifs is 2. The van der Waals surface area contributed by atoms with E-state index in [9.17, 15) is 19.8 Å². The molecule has 0 saturated carbocycles. The van der Waals surface area contributed by atoms with Crippen molar-refractivity contribution in [3.8, 4) is 5.75 Å². The molecule has 3 atom stereocenters. The predicted octanol–water partition coefficient (Wildman–Crippen LogP) is 2.81. The van der Waals surface area contributed by atoms with Crippen LogP contribution in [0.2, 0.25) is 0 Å².